The van der Waals surface area contributed by atoms with Crippen molar-refractivity contribution in [2.24, 2.45) is 4.99 Å². The fourth-order valence-electron chi connectivity index (χ4n) is 2.94. The molecule has 2 rings (SSSR count). The Labute approximate surface area is 209 Å². The second-order valence-electron chi connectivity index (χ2n) is 8.28. The highest BCUT2D eigenvalue weighted by atomic mass is 127. The minimum Gasteiger partial charge on any atom is -0.444 e. The van der Waals surface area contributed by atoms with Crippen LogP contribution in [0.1, 0.15) is 38.3 Å². The predicted molar refractivity (Wildman–Crippen MR) is 140 cm³/mol. The molecule has 2 aromatic rings. The Kier molecular flexibility index (Phi) is 12.7. The van der Waals surface area contributed by atoms with E-state index in [2.05, 4.69) is 32.7 Å². The van der Waals surface area contributed by atoms with Crippen LogP contribution >= 0.6 is 24.0 Å². The zero-order valence-corrected chi connectivity index (χ0v) is 21.8. The molecule has 0 unspecified atom stereocenters. The standard InChI is InChI=1S/C24H35N5O2.HI/c1-24(2,3)31-23(30)29(19-21-12-8-14-26-18-21)17-9-15-27-22(25-4)28-16-13-20-10-6-5-7-11-20;/h5-8,10-12,14,18H,9,13,15-17,19H2,1-4H3,(H2,25,27,28);1H. The number of nitrogens with zero attached hydrogens (tertiary/aromatic N) is 3. The molecule has 32 heavy (non-hydrogen) atoms. The fraction of sp³-hybridized carbons (Fsp3) is 0.458. The van der Waals surface area contributed by atoms with Gasteiger partial charge in [-0.05, 0) is 50.8 Å². The summed E-state index contributed by atoms with van der Waals surface area (Å²) in [6.07, 6.45) is 4.87. The molecule has 0 aliphatic rings. The highest BCUT2D eigenvalue weighted by Gasteiger charge is 2.22. The van der Waals surface area contributed by atoms with Gasteiger partial charge < -0.3 is 20.3 Å². The molecule has 1 heterocycles. The molecule has 1 aromatic heterocycles. The lowest BCUT2D eigenvalue weighted by Crippen LogP contribution is -2.41. The van der Waals surface area contributed by atoms with Crippen LogP contribution in [0.4, 0.5) is 4.79 Å². The molecule has 0 bridgehead atoms. The normalized spacial score (nSPS) is 11.3. The molecular weight excluding hydrogens is 517 g/mol. The van der Waals surface area contributed by atoms with E-state index < -0.39 is 5.60 Å². The van der Waals surface area contributed by atoms with Gasteiger partial charge in [-0.1, -0.05) is 36.4 Å². The highest BCUT2D eigenvalue weighted by molar-refractivity contribution is 14.0. The maximum atomic E-state index is 12.7. The monoisotopic (exact) mass is 553 g/mol. The summed E-state index contributed by atoms with van der Waals surface area (Å²) in [5, 5.41) is 6.63. The van der Waals surface area contributed by atoms with Gasteiger partial charge in [0.25, 0.3) is 0 Å². The molecule has 0 aliphatic heterocycles. The third-order valence-electron chi connectivity index (χ3n) is 4.42. The number of hydrogen-bond acceptors (Lipinski definition) is 4. The largest absolute Gasteiger partial charge is 0.444 e. The van der Waals surface area contributed by atoms with Gasteiger partial charge in [0.15, 0.2) is 5.96 Å². The van der Waals surface area contributed by atoms with Gasteiger partial charge in [-0.3, -0.25) is 9.98 Å². The summed E-state index contributed by atoms with van der Waals surface area (Å²) in [5.74, 6) is 0.756. The zero-order valence-electron chi connectivity index (χ0n) is 19.5. The van der Waals surface area contributed by atoms with E-state index in [0.29, 0.717) is 19.6 Å². The molecule has 0 radical (unpaired) electrons. The van der Waals surface area contributed by atoms with E-state index in [4.69, 9.17) is 4.74 Å². The third kappa shape index (κ3) is 11.3. The maximum Gasteiger partial charge on any atom is 0.410 e. The van der Waals surface area contributed by atoms with E-state index in [1.54, 1.807) is 24.3 Å². The van der Waals surface area contributed by atoms with Crippen molar-refractivity contribution < 1.29 is 9.53 Å². The summed E-state index contributed by atoms with van der Waals surface area (Å²) in [7, 11) is 1.76. The SMILES string of the molecule is CN=C(NCCCN(Cc1cccnc1)C(=O)OC(C)(C)C)NCCc1ccccc1.I. The Bertz CT molecular complexity index is 810. The number of halogens is 1. The lowest BCUT2D eigenvalue weighted by molar-refractivity contribution is 0.0232. The molecule has 8 heteroatoms. The van der Waals surface area contributed by atoms with Crippen molar-refractivity contribution in [2.45, 2.75) is 45.8 Å². The first kappa shape index (κ1) is 27.7. The second-order valence-corrected chi connectivity index (χ2v) is 8.28. The lowest BCUT2D eigenvalue weighted by atomic mass is 10.1. The number of hydrogen-bond donors (Lipinski definition) is 2. The first-order valence-corrected chi connectivity index (χ1v) is 10.7. The van der Waals surface area contributed by atoms with Crippen molar-refractivity contribution in [3.63, 3.8) is 0 Å². The van der Waals surface area contributed by atoms with Gasteiger partial charge in [-0.15, -0.1) is 24.0 Å². The van der Waals surface area contributed by atoms with E-state index in [0.717, 1.165) is 30.9 Å². The van der Waals surface area contributed by atoms with Gasteiger partial charge in [0.1, 0.15) is 5.60 Å². The molecule has 176 valence electrons. The first-order chi connectivity index (χ1) is 14.9. The van der Waals surface area contributed by atoms with E-state index >= 15 is 0 Å². The number of aromatic nitrogens is 1. The van der Waals surface area contributed by atoms with E-state index in [1.165, 1.54) is 5.56 Å². The quantitative estimate of drug-likeness (QED) is 0.210. The first-order valence-electron chi connectivity index (χ1n) is 10.7. The summed E-state index contributed by atoms with van der Waals surface area (Å²) in [5.41, 5.74) is 1.72. The number of rotatable bonds is 9. The van der Waals surface area contributed by atoms with Gasteiger partial charge in [0.2, 0.25) is 0 Å². The number of guanidine groups is 1. The summed E-state index contributed by atoms with van der Waals surface area (Å²) in [6.45, 7) is 8.15. The van der Waals surface area contributed by atoms with E-state index in [1.807, 2.05) is 51.1 Å². The third-order valence-corrected chi connectivity index (χ3v) is 4.42. The van der Waals surface area contributed by atoms with Crippen LogP contribution in [0.15, 0.2) is 59.9 Å². The van der Waals surface area contributed by atoms with E-state index in [-0.39, 0.29) is 30.1 Å². The number of aliphatic imine (C=N–C) groups is 1. The molecule has 1 amide bonds. The molecule has 0 atom stereocenters. The smallest absolute Gasteiger partial charge is 0.410 e. The van der Waals surface area contributed by atoms with Crippen molar-refractivity contribution >= 4 is 36.0 Å². The van der Waals surface area contributed by atoms with Gasteiger partial charge in [0.05, 0.1) is 6.54 Å². The van der Waals surface area contributed by atoms with Crippen molar-refractivity contribution in [2.75, 3.05) is 26.7 Å². The average molecular weight is 553 g/mol. The van der Waals surface area contributed by atoms with Crippen molar-refractivity contribution in [3.8, 4) is 0 Å². The Hall–Kier alpha value is -2.36. The number of carbonyl (C=O) groups excluding carboxylic acids is 1. The summed E-state index contributed by atoms with van der Waals surface area (Å²) in [6, 6.07) is 14.2. The molecule has 1 aromatic carbocycles. The summed E-state index contributed by atoms with van der Waals surface area (Å²) < 4.78 is 5.58. The minimum absolute atomic E-state index is 0. The molecule has 7 nitrogen and oxygen atoms in total. The van der Waals surface area contributed by atoms with Gasteiger partial charge >= 0.3 is 6.09 Å². The van der Waals surface area contributed by atoms with Crippen LogP contribution in [0, 0.1) is 0 Å². The molecule has 0 aliphatic carbocycles. The van der Waals surface area contributed by atoms with Crippen molar-refractivity contribution in [1.82, 2.24) is 20.5 Å². The van der Waals surface area contributed by atoms with Crippen molar-refractivity contribution in [1.29, 1.82) is 0 Å². The van der Waals surface area contributed by atoms with Crippen LogP contribution in [-0.4, -0.2) is 54.2 Å². The molecule has 0 spiro atoms. The molecular formula is C24H36IN5O2. The molecule has 2 N–H and O–H groups in total. The van der Waals surface area contributed by atoms with Crippen LogP contribution in [0.2, 0.25) is 0 Å². The van der Waals surface area contributed by atoms with Crippen LogP contribution in [-0.2, 0) is 17.7 Å². The predicted octanol–water partition coefficient (Wildman–Crippen LogP) is 4.23. The molecule has 0 saturated heterocycles. The van der Waals surface area contributed by atoms with Crippen LogP contribution < -0.4 is 10.6 Å². The number of nitrogens with one attached hydrogen (secondary N) is 2. The van der Waals surface area contributed by atoms with Crippen LogP contribution in [0.3, 0.4) is 0 Å². The lowest BCUT2D eigenvalue weighted by Gasteiger charge is -2.27. The zero-order chi connectivity index (χ0) is 22.5. The summed E-state index contributed by atoms with van der Waals surface area (Å²) in [4.78, 5) is 22.8. The van der Waals surface area contributed by atoms with Gasteiger partial charge in [-0.2, -0.15) is 0 Å². The van der Waals surface area contributed by atoms with Crippen LogP contribution in [0.5, 0.6) is 0 Å². The molecule has 0 saturated carbocycles. The highest BCUT2D eigenvalue weighted by Crippen LogP contribution is 2.12. The minimum atomic E-state index is -0.534. The van der Waals surface area contributed by atoms with Gasteiger partial charge in [0, 0.05) is 39.1 Å². The number of ether oxygens (including phenoxy) is 1. The molecule has 0 fully saturated rings. The summed E-state index contributed by atoms with van der Waals surface area (Å²) >= 11 is 0. The maximum absolute atomic E-state index is 12.7. The number of carbonyl (C=O) groups is 1. The average Bonchev–Trinajstić information content (AvgIpc) is 2.74. The number of benzene rings is 1. The Balaban J connectivity index is 0.00000512. The Morgan fingerprint density at radius 2 is 1.75 bits per heavy atom. The van der Waals surface area contributed by atoms with E-state index in [9.17, 15) is 4.79 Å². The topological polar surface area (TPSA) is 78.9 Å². The van der Waals surface area contributed by atoms with Crippen molar-refractivity contribution in [3.05, 3.63) is 66.0 Å². The Morgan fingerprint density at radius 3 is 2.38 bits per heavy atom. The fourth-order valence-corrected chi connectivity index (χ4v) is 2.94. The van der Waals surface area contributed by atoms with Gasteiger partial charge in [-0.25, -0.2) is 4.79 Å². The number of pyridine rings is 1. The number of amides is 1. The Morgan fingerprint density at radius 1 is 1.06 bits per heavy atom. The second kappa shape index (κ2) is 14.7. The van der Waals surface area contributed by atoms with Crippen LogP contribution in [0.25, 0.3) is 0 Å².